The van der Waals surface area contributed by atoms with Gasteiger partial charge in [-0.2, -0.15) is 5.26 Å². The molecule has 3 amide bonds. The van der Waals surface area contributed by atoms with Crippen molar-refractivity contribution in [2.24, 2.45) is 0 Å². The molecule has 0 aliphatic carbocycles. The van der Waals surface area contributed by atoms with E-state index in [9.17, 15) is 22.8 Å². The molecular weight excluding hydrogens is 416 g/mol. The van der Waals surface area contributed by atoms with Gasteiger partial charge in [0.15, 0.2) is 0 Å². The molecule has 1 aromatic heterocycles. The van der Waals surface area contributed by atoms with E-state index >= 15 is 0 Å². The summed E-state index contributed by atoms with van der Waals surface area (Å²) in [5, 5.41) is 11.1. The van der Waals surface area contributed by atoms with Crippen LogP contribution in [0, 0.1) is 11.3 Å². The van der Waals surface area contributed by atoms with Gasteiger partial charge < -0.3 is 4.90 Å². The molecule has 0 saturated carbocycles. The second kappa shape index (κ2) is 6.98. The van der Waals surface area contributed by atoms with Gasteiger partial charge in [0, 0.05) is 24.2 Å². The number of hydrogen-bond acceptors (Lipinski definition) is 7. The monoisotopic (exact) mass is 430 g/mol. The lowest BCUT2D eigenvalue weighted by atomic mass is 10.0. The van der Waals surface area contributed by atoms with E-state index in [-0.39, 0.29) is 40.1 Å². The summed E-state index contributed by atoms with van der Waals surface area (Å²) >= 11 is 0.846. The Morgan fingerprint density at radius 3 is 2.69 bits per heavy atom. The van der Waals surface area contributed by atoms with Gasteiger partial charge in [-0.05, 0) is 36.2 Å². The number of thiophene rings is 1. The molecule has 3 heterocycles. The van der Waals surface area contributed by atoms with Crippen LogP contribution in [0.1, 0.15) is 33.6 Å². The van der Waals surface area contributed by atoms with Crippen LogP contribution in [0.4, 0.5) is 5.69 Å². The molecule has 148 valence electrons. The summed E-state index contributed by atoms with van der Waals surface area (Å²) in [7, 11) is -3.90. The van der Waals surface area contributed by atoms with Crippen molar-refractivity contribution in [3.05, 3.63) is 46.3 Å². The molecule has 9 nitrogen and oxygen atoms in total. The second-order valence-electron chi connectivity index (χ2n) is 6.61. The highest BCUT2D eigenvalue weighted by Crippen LogP contribution is 2.30. The number of rotatable bonds is 4. The minimum absolute atomic E-state index is 0.00829. The van der Waals surface area contributed by atoms with E-state index < -0.39 is 27.9 Å². The average molecular weight is 430 g/mol. The van der Waals surface area contributed by atoms with Gasteiger partial charge in [0.2, 0.25) is 11.8 Å². The number of carbonyl (C=O) groups excluding carboxylic acids is 3. The van der Waals surface area contributed by atoms with Gasteiger partial charge in [-0.25, -0.2) is 8.42 Å². The molecule has 0 spiro atoms. The maximum atomic E-state index is 12.8. The van der Waals surface area contributed by atoms with Crippen LogP contribution in [0.25, 0.3) is 0 Å². The Bertz CT molecular complexity index is 1200. The van der Waals surface area contributed by atoms with Crippen molar-refractivity contribution in [1.29, 1.82) is 5.26 Å². The van der Waals surface area contributed by atoms with Gasteiger partial charge in [0.1, 0.15) is 21.2 Å². The lowest BCUT2D eigenvalue weighted by Crippen LogP contribution is -2.52. The minimum atomic E-state index is -3.90. The largest absolute Gasteiger partial charge is 0.322 e. The molecule has 2 aliphatic rings. The zero-order valence-electron chi connectivity index (χ0n) is 14.8. The topological polar surface area (TPSA) is 136 Å². The lowest BCUT2D eigenvalue weighted by molar-refractivity contribution is -0.136. The van der Waals surface area contributed by atoms with Crippen LogP contribution in [0.15, 0.2) is 34.5 Å². The number of hydrogen-bond donors (Lipinski definition) is 2. The summed E-state index contributed by atoms with van der Waals surface area (Å²) in [4.78, 5) is 37.9. The van der Waals surface area contributed by atoms with E-state index in [1.165, 1.54) is 29.2 Å². The number of fused-ring (bicyclic) bond motifs is 1. The number of sulfonamides is 1. The first-order valence-corrected chi connectivity index (χ1v) is 10.9. The Balaban J connectivity index is 1.56. The Morgan fingerprint density at radius 2 is 2.00 bits per heavy atom. The first kappa shape index (κ1) is 19.1. The van der Waals surface area contributed by atoms with Gasteiger partial charge in [0.25, 0.3) is 15.9 Å². The molecule has 1 unspecified atom stereocenters. The summed E-state index contributed by atoms with van der Waals surface area (Å²) in [6.07, 6.45) is 0.413. The molecule has 2 aliphatic heterocycles. The van der Waals surface area contributed by atoms with E-state index in [2.05, 4.69) is 10.0 Å². The Labute approximate surface area is 170 Å². The first-order valence-electron chi connectivity index (χ1n) is 8.59. The summed E-state index contributed by atoms with van der Waals surface area (Å²) in [5.41, 5.74) is 1.18. The standard InChI is InChI=1S/C18H14N4O5S2/c19-8-12-3-6-16(28-12)29(26,27)21-11-2-1-10-9-22(18(25)13(10)7-11)14-4-5-15(23)20-17(14)24/h1-3,6-7,14,21H,4-5,9H2,(H,20,23,24). The maximum absolute atomic E-state index is 12.8. The highest BCUT2D eigenvalue weighted by molar-refractivity contribution is 7.94. The van der Waals surface area contributed by atoms with Crippen LogP contribution in [0.5, 0.6) is 0 Å². The predicted octanol–water partition coefficient (Wildman–Crippen LogP) is 1.18. The zero-order valence-corrected chi connectivity index (χ0v) is 16.5. The third-order valence-corrected chi connectivity index (χ3v) is 7.60. The quantitative estimate of drug-likeness (QED) is 0.699. The molecule has 2 aromatic rings. The van der Waals surface area contributed by atoms with Gasteiger partial charge in [-0.1, -0.05) is 6.07 Å². The molecule has 1 saturated heterocycles. The normalized spacial score (nSPS) is 18.9. The van der Waals surface area contributed by atoms with E-state index in [0.29, 0.717) is 11.1 Å². The summed E-state index contributed by atoms with van der Waals surface area (Å²) < 4.78 is 27.4. The fourth-order valence-corrected chi connectivity index (χ4v) is 5.50. The fourth-order valence-electron chi connectivity index (χ4n) is 3.35. The van der Waals surface area contributed by atoms with Crippen molar-refractivity contribution in [2.75, 3.05) is 4.72 Å². The number of imide groups is 1. The summed E-state index contributed by atoms with van der Waals surface area (Å²) in [6.45, 7) is 0.212. The van der Waals surface area contributed by atoms with E-state index in [0.717, 1.165) is 11.3 Å². The number of nitrogens with zero attached hydrogens (tertiary/aromatic N) is 2. The predicted molar refractivity (Wildman–Crippen MR) is 102 cm³/mol. The third kappa shape index (κ3) is 3.48. The van der Waals surface area contributed by atoms with Crippen molar-refractivity contribution in [1.82, 2.24) is 10.2 Å². The molecule has 0 radical (unpaired) electrons. The average Bonchev–Trinajstić information content (AvgIpc) is 3.28. The molecule has 1 fully saturated rings. The number of carbonyl (C=O) groups is 3. The number of amides is 3. The van der Waals surface area contributed by atoms with Crippen LogP contribution in [-0.4, -0.2) is 37.1 Å². The van der Waals surface area contributed by atoms with Gasteiger partial charge >= 0.3 is 0 Å². The maximum Gasteiger partial charge on any atom is 0.271 e. The van der Waals surface area contributed by atoms with Crippen LogP contribution < -0.4 is 10.0 Å². The Kier molecular flexibility index (Phi) is 4.60. The lowest BCUT2D eigenvalue weighted by Gasteiger charge is -2.29. The molecular formula is C18H14N4O5S2. The summed E-state index contributed by atoms with van der Waals surface area (Å²) in [5.74, 6) is -1.26. The van der Waals surface area contributed by atoms with Crippen molar-refractivity contribution < 1.29 is 22.8 Å². The highest BCUT2D eigenvalue weighted by atomic mass is 32.2. The Morgan fingerprint density at radius 1 is 1.21 bits per heavy atom. The minimum Gasteiger partial charge on any atom is -0.322 e. The number of piperidine rings is 1. The summed E-state index contributed by atoms with van der Waals surface area (Å²) in [6, 6.07) is 8.52. The number of nitrogens with one attached hydrogen (secondary N) is 2. The zero-order chi connectivity index (χ0) is 20.8. The van der Waals surface area contributed by atoms with Crippen molar-refractivity contribution in [2.45, 2.75) is 29.6 Å². The van der Waals surface area contributed by atoms with Crippen LogP contribution in [0.2, 0.25) is 0 Å². The molecule has 4 rings (SSSR count). The van der Waals surface area contributed by atoms with Gasteiger partial charge in [-0.3, -0.25) is 24.4 Å². The highest BCUT2D eigenvalue weighted by Gasteiger charge is 2.39. The van der Waals surface area contributed by atoms with Crippen LogP contribution in [0.3, 0.4) is 0 Å². The smallest absolute Gasteiger partial charge is 0.271 e. The van der Waals surface area contributed by atoms with E-state index in [1.54, 1.807) is 6.07 Å². The van der Waals surface area contributed by atoms with E-state index in [1.807, 2.05) is 6.07 Å². The van der Waals surface area contributed by atoms with E-state index in [4.69, 9.17) is 5.26 Å². The van der Waals surface area contributed by atoms with Crippen LogP contribution >= 0.6 is 11.3 Å². The second-order valence-corrected chi connectivity index (χ2v) is 9.60. The SMILES string of the molecule is N#Cc1ccc(S(=O)(=O)Nc2ccc3c(c2)C(=O)N(C2CCC(=O)NC2=O)C3)s1. The van der Waals surface area contributed by atoms with Crippen molar-refractivity contribution in [3.8, 4) is 6.07 Å². The fraction of sp³-hybridized carbons (Fsp3) is 0.222. The first-order chi connectivity index (χ1) is 13.8. The number of anilines is 1. The number of nitriles is 1. The molecule has 1 atom stereocenters. The molecule has 1 aromatic carbocycles. The molecule has 11 heteroatoms. The molecule has 2 N–H and O–H groups in total. The van der Waals surface area contributed by atoms with Crippen molar-refractivity contribution in [3.63, 3.8) is 0 Å². The van der Waals surface area contributed by atoms with Crippen molar-refractivity contribution >= 4 is 44.8 Å². The molecule has 0 bridgehead atoms. The molecule has 29 heavy (non-hydrogen) atoms. The Hall–Kier alpha value is -3.23. The van der Waals surface area contributed by atoms with Gasteiger partial charge in [0.05, 0.1) is 0 Å². The van der Waals surface area contributed by atoms with Gasteiger partial charge in [-0.15, -0.1) is 11.3 Å². The number of benzene rings is 1. The third-order valence-electron chi connectivity index (χ3n) is 4.74. The van der Waals surface area contributed by atoms with Crippen LogP contribution in [-0.2, 0) is 26.2 Å².